The Bertz CT molecular complexity index is 2090. The van der Waals surface area contributed by atoms with Gasteiger partial charge in [-0.3, -0.25) is 9.59 Å². The van der Waals surface area contributed by atoms with Crippen LogP contribution in [0.15, 0.2) is 127 Å². The van der Waals surface area contributed by atoms with Gasteiger partial charge in [0.15, 0.2) is 11.6 Å². The van der Waals surface area contributed by atoms with Crippen molar-refractivity contribution in [2.45, 2.75) is 31.2 Å². The molecule has 0 bridgehead atoms. The molecule has 2 unspecified atom stereocenters. The van der Waals surface area contributed by atoms with Gasteiger partial charge in [-0.15, -0.1) is 0 Å². The summed E-state index contributed by atoms with van der Waals surface area (Å²) in [6, 6.07) is 40.4. The Labute approximate surface area is 273 Å². The number of ketones is 2. The SMILES string of the molecule is O=C(O)c1ccc2c(c1)C(=O)/C(=C\c1ccc3c(c1)C1CCCC1N3c1ccc(C=C(c3ccccc3)c3ccccc3)cc1)C2=O. The summed E-state index contributed by atoms with van der Waals surface area (Å²) >= 11 is 0. The number of fused-ring (bicyclic) bond motifs is 4. The Morgan fingerprint density at radius 1 is 0.681 bits per heavy atom. The molecule has 3 aliphatic rings. The molecule has 228 valence electrons. The van der Waals surface area contributed by atoms with Crippen LogP contribution in [0.2, 0.25) is 0 Å². The lowest BCUT2D eigenvalue weighted by Gasteiger charge is -2.27. The van der Waals surface area contributed by atoms with Gasteiger partial charge in [-0.1, -0.05) is 85.3 Å². The second kappa shape index (κ2) is 11.5. The van der Waals surface area contributed by atoms with E-state index in [2.05, 4.69) is 95.9 Å². The van der Waals surface area contributed by atoms with Gasteiger partial charge in [-0.2, -0.15) is 0 Å². The summed E-state index contributed by atoms with van der Waals surface area (Å²) in [5.41, 5.74) is 9.48. The number of carboxylic acid groups (broad SMARTS) is 1. The zero-order valence-electron chi connectivity index (χ0n) is 25.6. The van der Waals surface area contributed by atoms with Crippen LogP contribution in [0.3, 0.4) is 0 Å². The van der Waals surface area contributed by atoms with Gasteiger partial charge in [0.1, 0.15) is 0 Å². The summed E-state index contributed by atoms with van der Waals surface area (Å²) in [4.78, 5) is 40.3. The molecule has 5 nitrogen and oxygen atoms in total. The van der Waals surface area contributed by atoms with Crippen LogP contribution in [-0.2, 0) is 0 Å². The van der Waals surface area contributed by atoms with Crippen molar-refractivity contribution < 1.29 is 19.5 Å². The molecule has 8 rings (SSSR count). The summed E-state index contributed by atoms with van der Waals surface area (Å²) in [7, 11) is 0. The van der Waals surface area contributed by atoms with Crippen molar-refractivity contribution in [3.63, 3.8) is 0 Å². The van der Waals surface area contributed by atoms with Crippen LogP contribution >= 0.6 is 0 Å². The first-order valence-electron chi connectivity index (χ1n) is 16.0. The van der Waals surface area contributed by atoms with Crippen LogP contribution in [0.5, 0.6) is 0 Å². The van der Waals surface area contributed by atoms with Gasteiger partial charge < -0.3 is 10.0 Å². The van der Waals surface area contributed by atoms with Gasteiger partial charge in [0.2, 0.25) is 0 Å². The third-order valence-corrected chi connectivity index (χ3v) is 9.73. The lowest BCUT2D eigenvalue weighted by molar-refractivity contribution is 0.0696. The average Bonchev–Trinajstić information content (AvgIpc) is 3.77. The van der Waals surface area contributed by atoms with Crippen LogP contribution in [-0.4, -0.2) is 28.7 Å². The van der Waals surface area contributed by atoms with Crippen molar-refractivity contribution in [2.24, 2.45) is 0 Å². The molecule has 47 heavy (non-hydrogen) atoms. The zero-order chi connectivity index (χ0) is 32.1. The minimum atomic E-state index is -1.13. The van der Waals surface area contributed by atoms with Gasteiger partial charge >= 0.3 is 5.97 Å². The summed E-state index contributed by atoms with van der Waals surface area (Å²) in [5.74, 6) is -1.54. The Morgan fingerprint density at radius 2 is 1.34 bits per heavy atom. The molecular formula is C42H31NO4. The van der Waals surface area contributed by atoms with Gasteiger partial charge in [0.25, 0.3) is 0 Å². The fourth-order valence-corrected chi connectivity index (χ4v) is 7.52. The quantitative estimate of drug-likeness (QED) is 0.117. The van der Waals surface area contributed by atoms with Crippen molar-refractivity contribution in [2.75, 3.05) is 4.90 Å². The van der Waals surface area contributed by atoms with Crippen LogP contribution in [0.25, 0.3) is 17.7 Å². The van der Waals surface area contributed by atoms with Gasteiger partial charge in [-0.05, 0) is 101 Å². The number of allylic oxidation sites excluding steroid dienone is 1. The normalized spacial score (nSPS) is 18.6. The number of benzene rings is 5. The van der Waals surface area contributed by atoms with Crippen molar-refractivity contribution in [3.05, 3.63) is 171 Å². The predicted octanol–water partition coefficient (Wildman–Crippen LogP) is 9.22. The molecule has 0 spiro atoms. The highest BCUT2D eigenvalue weighted by Gasteiger charge is 2.42. The fourth-order valence-electron chi connectivity index (χ4n) is 7.52. The number of nitrogens with zero attached hydrogens (tertiary/aromatic N) is 1. The fraction of sp³-hybridized carbons (Fsp3) is 0.119. The van der Waals surface area contributed by atoms with E-state index in [9.17, 15) is 19.5 Å². The van der Waals surface area contributed by atoms with E-state index in [1.54, 1.807) is 6.08 Å². The number of aromatic carboxylic acids is 1. The molecule has 1 saturated carbocycles. The first kappa shape index (κ1) is 28.6. The monoisotopic (exact) mass is 613 g/mol. The number of carbonyl (C=O) groups is 3. The van der Waals surface area contributed by atoms with Crippen LogP contribution < -0.4 is 4.90 Å². The second-order valence-electron chi connectivity index (χ2n) is 12.5. The van der Waals surface area contributed by atoms with Crippen molar-refractivity contribution in [3.8, 4) is 0 Å². The zero-order valence-corrected chi connectivity index (χ0v) is 25.6. The van der Waals surface area contributed by atoms with E-state index in [1.165, 1.54) is 40.5 Å². The average molecular weight is 614 g/mol. The van der Waals surface area contributed by atoms with Gasteiger partial charge in [0, 0.05) is 34.5 Å². The number of anilines is 2. The molecular weight excluding hydrogens is 582 g/mol. The van der Waals surface area contributed by atoms with E-state index in [0.717, 1.165) is 41.8 Å². The van der Waals surface area contributed by atoms with Gasteiger partial charge in [-0.25, -0.2) is 4.79 Å². The number of hydrogen-bond acceptors (Lipinski definition) is 4. The largest absolute Gasteiger partial charge is 0.478 e. The van der Waals surface area contributed by atoms with E-state index in [1.807, 2.05) is 18.2 Å². The Kier molecular flexibility index (Phi) is 7.02. The maximum absolute atomic E-state index is 13.2. The highest BCUT2D eigenvalue weighted by atomic mass is 16.4. The Hall–Kier alpha value is -5.81. The van der Waals surface area contributed by atoms with Crippen LogP contribution in [0.4, 0.5) is 11.4 Å². The maximum atomic E-state index is 13.2. The topological polar surface area (TPSA) is 74.7 Å². The minimum absolute atomic E-state index is 0.00654. The lowest BCUT2D eigenvalue weighted by Crippen LogP contribution is -2.26. The molecule has 0 saturated heterocycles. The van der Waals surface area contributed by atoms with Crippen molar-refractivity contribution >= 4 is 46.6 Å². The molecule has 2 aliphatic carbocycles. The number of hydrogen-bond donors (Lipinski definition) is 1. The molecule has 0 amide bonds. The highest BCUT2D eigenvalue weighted by Crippen LogP contribution is 2.52. The molecule has 5 aromatic carbocycles. The predicted molar refractivity (Wildman–Crippen MR) is 185 cm³/mol. The van der Waals surface area contributed by atoms with E-state index >= 15 is 0 Å². The lowest BCUT2D eigenvalue weighted by atomic mass is 9.95. The van der Waals surface area contributed by atoms with E-state index < -0.39 is 11.8 Å². The molecule has 1 aliphatic heterocycles. The van der Waals surface area contributed by atoms with Crippen molar-refractivity contribution in [1.29, 1.82) is 0 Å². The van der Waals surface area contributed by atoms with E-state index in [0.29, 0.717) is 12.0 Å². The number of rotatable bonds is 6. The standard InChI is InChI=1S/C42H31NO4/c44-40-33-20-17-30(42(46)47)25-36(33)41(45)37(40)24-27-16-21-39-35(23-27)32-12-7-13-38(32)43(39)31-18-14-26(15-19-31)22-34(28-8-3-1-4-9-28)29-10-5-2-6-11-29/h1-6,8-11,14-25,32,38H,7,12-13H2,(H,46,47)/b37-24-. The minimum Gasteiger partial charge on any atom is -0.478 e. The molecule has 5 heteroatoms. The third kappa shape index (κ3) is 5.01. The Morgan fingerprint density at radius 3 is 2.02 bits per heavy atom. The second-order valence-corrected chi connectivity index (χ2v) is 12.5. The van der Waals surface area contributed by atoms with Crippen LogP contribution in [0, 0.1) is 0 Å². The first-order chi connectivity index (χ1) is 23.0. The van der Waals surface area contributed by atoms with E-state index in [4.69, 9.17) is 0 Å². The number of carbonyl (C=O) groups excluding carboxylic acids is 2. The summed E-state index contributed by atoms with van der Waals surface area (Å²) in [6.45, 7) is 0. The van der Waals surface area contributed by atoms with E-state index in [-0.39, 0.29) is 28.0 Å². The molecule has 1 fully saturated rings. The highest BCUT2D eigenvalue weighted by molar-refractivity contribution is 6.41. The van der Waals surface area contributed by atoms with Crippen molar-refractivity contribution in [1.82, 2.24) is 0 Å². The molecule has 1 N–H and O–H groups in total. The first-order valence-corrected chi connectivity index (χ1v) is 16.0. The van der Waals surface area contributed by atoms with Crippen LogP contribution in [0.1, 0.15) is 84.1 Å². The third-order valence-electron chi connectivity index (χ3n) is 9.73. The maximum Gasteiger partial charge on any atom is 0.335 e. The molecule has 0 radical (unpaired) electrons. The summed E-state index contributed by atoms with van der Waals surface area (Å²) in [6.07, 6.45) is 7.25. The number of carboxylic acids is 1. The smallest absolute Gasteiger partial charge is 0.335 e. The Balaban J connectivity index is 1.11. The van der Waals surface area contributed by atoms with Gasteiger partial charge in [0.05, 0.1) is 11.1 Å². The molecule has 0 aromatic heterocycles. The summed E-state index contributed by atoms with van der Waals surface area (Å²) in [5, 5.41) is 9.35. The summed E-state index contributed by atoms with van der Waals surface area (Å²) < 4.78 is 0. The molecule has 2 atom stereocenters. The number of Topliss-reactive ketones (excluding diaryl/α,β-unsaturated/α-hetero) is 2. The molecule has 1 heterocycles. The molecule has 5 aromatic rings.